The van der Waals surface area contributed by atoms with E-state index in [-0.39, 0.29) is 30.4 Å². The van der Waals surface area contributed by atoms with Gasteiger partial charge in [-0.1, -0.05) is 12.1 Å². The zero-order valence-electron chi connectivity index (χ0n) is 24.2. The number of carbonyl (C=O) groups excluding carboxylic acids is 2. The first kappa shape index (κ1) is 30.6. The summed E-state index contributed by atoms with van der Waals surface area (Å²) in [6.07, 6.45) is -0.353. The van der Waals surface area contributed by atoms with Crippen molar-refractivity contribution < 1.29 is 40.8 Å². The molecule has 10 nitrogen and oxygen atoms in total. The second kappa shape index (κ2) is 11.9. The molecule has 0 saturated carbocycles. The lowest BCUT2D eigenvalue weighted by molar-refractivity contribution is -0.140. The summed E-state index contributed by atoms with van der Waals surface area (Å²) in [5.41, 5.74) is 3.00. The van der Waals surface area contributed by atoms with Gasteiger partial charge in [-0.15, -0.1) is 0 Å². The van der Waals surface area contributed by atoms with Crippen LogP contribution in [0.4, 0.5) is 15.8 Å². The number of anilines is 2. The van der Waals surface area contributed by atoms with Gasteiger partial charge in [0.15, 0.2) is 0 Å². The summed E-state index contributed by atoms with van der Waals surface area (Å²) in [5.74, 6) is -1.21. The van der Waals surface area contributed by atoms with E-state index < -0.39 is 33.2 Å². The van der Waals surface area contributed by atoms with Gasteiger partial charge in [0.2, 0.25) is 0 Å². The molecule has 0 bridgehead atoms. The van der Waals surface area contributed by atoms with Crippen LogP contribution in [0, 0.1) is 12.7 Å². The van der Waals surface area contributed by atoms with Crippen LogP contribution >= 0.6 is 0 Å². The SMILES string of the molecule is COC(=O)CCS(=O)(=O)Oc1ccc(-c2ccc3c(c2COc2cc(F)ccc2C)N(C)C(=O)C(C)(C)N3)c(OC)c1. The first-order chi connectivity index (χ1) is 19.8. The second-order valence-corrected chi connectivity index (χ2v) is 12.0. The summed E-state index contributed by atoms with van der Waals surface area (Å²) in [4.78, 5) is 26.2. The molecule has 0 spiro atoms. The molecule has 12 heteroatoms. The Morgan fingerprint density at radius 3 is 2.43 bits per heavy atom. The van der Waals surface area contributed by atoms with Crippen LogP contribution in [0.2, 0.25) is 0 Å². The summed E-state index contributed by atoms with van der Waals surface area (Å²) >= 11 is 0. The maximum Gasteiger partial charge on any atom is 0.309 e. The minimum Gasteiger partial charge on any atom is -0.496 e. The predicted octanol–water partition coefficient (Wildman–Crippen LogP) is 4.83. The zero-order chi connectivity index (χ0) is 30.8. The minimum absolute atomic E-state index is 0.0117. The van der Waals surface area contributed by atoms with Gasteiger partial charge < -0.3 is 28.6 Å². The van der Waals surface area contributed by atoms with Crippen LogP contribution in [0.25, 0.3) is 11.1 Å². The Kier molecular flexibility index (Phi) is 8.67. The third kappa shape index (κ3) is 6.43. The number of fused-ring (bicyclic) bond motifs is 1. The number of ether oxygens (including phenoxy) is 3. The van der Waals surface area contributed by atoms with E-state index in [1.807, 2.05) is 12.1 Å². The molecule has 0 aromatic heterocycles. The quantitative estimate of drug-likeness (QED) is 0.258. The number of esters is 1. The number of nitrogens with zero attached hydrogens (tertiary/aromatic N) is 1. The Balaban J connectivity index is 1.78. The van der Waals surface area contributed by atoms with Gasteiger partial charge in [0.25, 0.3) is 5.91 Å². The summed E-state index contributed by atoms with van der Waals surface area (Å²) in [7, 11) is 0.184. The zero-order valence-corrected chi connectivity index (χ0v) is 25.1. The van der Waals surface area contributed by atoms with Crippen molar-refractivity contribution in [1.29, 1.82) is 0 Å². The van der Waals surface area contributed by atoms with E-state index in [0.717, 1.165) is 5.56 Å². The molecule has 0 atom stereocenters. The van der Waals surface area contributed by atoms with Crippen LogP contribution in [0.3, 0.4) is 0 Å². The van der Waals surface area contributed by atoms with Crippen molar-refractivity contribution in [2.45, 2.75) is 39.3 Å². The molecule has 42 heavy (non-hydrogen) atoms. The Bertz CT molecular complexity index is 1640. The van der Waals surface area contributed by atoms with E-state index in [9.17, 15) is 22.4 Å². The lowest BCUT2D eigenvalue weighted by Crippen LogP contribution is -2.52. The van der Waals surface area contributed by atoms with Gasteiger partial charge in [-0.3, -0.25) is 9.59 Å². The third-order valence-corrected chi connectivity index (χ3v) is 8.05. The van der Waals surface area contributed by atoms with Crippen molar-refractivity contribution in [1.82, 2.24) is 0 Å². The standard InChI is InChI=1S/C30H33FN2O8S/c1-18-7-8-19(31)15-25(18)40-17-23-21(11-12-24-28(23)33(4)29(35)30(2,3)32-24)22-10-9-20(16-26(22)38-5)41-42(36,37)14-13-27(34)39-6/h7-12,15-16,32H,13-14,17H2,1-6H3. The van der Waals surface area contributed by atoms with Crippen LogP contribution < -0.4 is 23.9 Å². The molecule has 3 aromatic carbocycles. The normalized spacial score (nSPS) is 14.1. The molecule has 1 heterocycles. The monoisotopic (exact) mass is 600 g/mol. The molecule has 224 valence electrons. The number of hydrogen-bond acceptors (Lipinski definition) is 9. The molecule has 0 fully saturated rings. The number of methoxy groups -OCH3 is 2. The van der Waals surface area contributed by atoms with E-state index in [0.29, 0.717) is 33.8 Å². The number of nitrogens with one attached hydrogen (secondary N) is 1. The Hall–Kier alpha value is -4.32. The van der Waals surface area contributed by atoms with Crippen LogP contribution in [0.15, 0.2) is 48.5 Å². The van der Waals surface area contributed by atoms with Crippen LogP contribution in [0.1, 0.15) is 31.4 Å². The van der Waals surface area contributed by atoms with E-state index in [4.69, 9.17) is 13.7 Å². The van der Waals surface area contributed by atoms with Crippen LogP contribution in [-0.4, -0.2) is 52.9 Å². The molecule has 0 saturated heterocycles. The van der Waals surface area contributed by atoms with E-state index in [2.05, 4.69) is 10.1 Å². The number of benzene rings is 3. The van der Waals surface area contributed by atoms with E-state index >= 15 is 0 Å². The fourth-order valence-corrected chi connectivity index (χ4v) is 5.65. The second-order valence-electron chi connectivity index (χ2n) is 10.3. The van der Waals surface area contributed by atoms with Gasteiger partial charge in [-0.25, -0.2) is 4.39 Å². The molecule has 3 aromatic rings. The average Bonchev–Trinajstić information content (AvgIpc) is 2.94. The van der Waals surface area contributed by atoms with Crippen molar-refractivity contribution >= 4 is 33.4 Å². The fourth-order valence-electron chi connectivity index (χ4n) is 4.75. The fraction of sp³-hybridized carbons (Fsp3) is 0.333. The van der Waals surface area contributed by atoms with Crippen molar-refractivity contribution in [2.75, 3.05) is 37.2 Å². The van der Waals surface area contributed by atoms with E-state index in [1.54, 1.807) is 44.9 Å². The van der Waals surface area contributed by atoms with Crippen LogP contribution in [0.5, 0.6) is 17.2 Å². The number of halogens is 1. The lowest BCUT2D eigenvalue weighted by atomic mass is 9.91. The van der Waals surface area contributed by atoms with E-state index in [1.165, 1.54) is 38.5 Å². The van der Waals surface area contributed by atoms with Crippen molar-refractivity contribution in [2.24, 2.45) is 0 Å². The number of rotatable bonds is 10. The number of hydrogen-bond donors (Lipinski definition) is 1. The largest absolute Gasteiger partial charge is 0.496 e. The molecule has 0 unspecified atom stereocenters. The smallest absolute Gasteiger partial charge is 0.309 e. The number of likely N-dealkylation sites (N-methyl/N-ethyl adjacent to an activating group) is 1. The maximum absolute atomic E-state index is 14.0. The van der Waals surface area contributed by atoms with Gasteiger partial charge in [0.1, 0.15) is 35.2 Å². The number of aryl methyl sites for hydroxylation is 1. The highest BCUT2D eigenvalue weighted by Crippen LogP contribution is 2.45. The highest BCUT2D eigenvalue weighted by atomic mass is 32.2. The van der Waals surface area contributed by atoms with Gasteiger partial charge in [0.05, 0.1) is 37.8 Å². The number of carbonyl (C=O) groups is 2. The molecule has 0 aliphatic carbocycles. The van der Waals surface area contributed by atoms with Crippen molar-refractivity contribution in [3.05, 3.63) is 65.5 Å². The molecule has 4 rings (SSSR count). The maximum atomic E-state index is 14.0. The molecular weight excluding hydrogens is 567 g/mol. The molecule has 1 aliphatic heterocycles. The van der Waals surface area contributed by atoms with Gasteiger partial charge in [-0.2, -0.15) is 8.42 Å². The average molecular weight is 601 g/mol. The summed E-state index contributed by atoms with van der Waals surface area (Å²) in [5, 5.41) is 3.28. The molecule has 1 aliphatic rings. The first-order valence-electron chi connectivity index (χ1n) is 13.0. The summed E-state index contributed by atoms with van der Waals surface area (Å²) in [6, 6.07) is 12.5. The topological polar surface area (TPSA) is 120 Å². The Morgan fingerprint density at radius 2 is 1.74 bits per heavy atom. The molecule has 0 radical (unpaired) electrons. The first-order valence-corrected chi connectivity index (χ1v) is 14.6. The van der Waals surface area contributed by atoms with Gasteiger partial charge in [-0.05, 0) is 56.2 Å². The Labute approximate surface area is 244 Å². The summed E-state index contributed by atoms with van der Waals surface area (Å²) in [6.45, 7) is 5.36. The highest BCUT2D eigenvalue weighted by molar-refractivity contribution is 7.87. The number of amides is 1. The Morgan fingerprint density at radius 1 is 1.02 bits per heavy atom. The lowest BCUT2D eigenvalue weighted by Gasteiger charge is -2.39. The molecule has 1 amide bonds. The minimum atomic E-state index is -4.09. The predicted molar refractivity (Wildman–Crippen MR) is 156 cm³/mol. The molecule has 1 N–H and O–H groups in total. The van der Waals surface area contributed by atoms with Gasteiger partial charge >= 0.3 is 16.1 Å². The van der Waals surface area contributed by atoms with Crippen LogP contribution in [-0.2, 0) is 31.1 Å². The third-order valence-electron chi connectivity index (χ3n) is 6.90. The molecular formula is C30H33FN2O8S. The van der Waals surface area contributed by atoms with Gasteiger partial charge in [0, 0.05) is 30.3 Å². The van der Waals surface area contributed by atoms with Crippen molar-refractivity contribution in [3.8, 4) is 28.4 Å². The van der Waals surface area contributed by atoms with Crippen molar-refractivity contribution in [3.63, 3.8) is 0 Å². The summed E-state index contributed by atoms with van der Waals surface area (Å²) < 4.78 is 60.3. The highest BCUT2D eigenvalue weighted by Gasteiger charge is 2.38.